The Morgan fingerprint density at radius 2 is 1.61 bits per heavy atom. The number of carbonyl (C=O) groups excluding carboxylic acids is 3. The third-order valence-electron chi connectivity index (χ3n) is 4.42. The molecule has 160 valence electrons. The van der Waals surface area contributed by atoms with Gasteiger partial charge in [-0.15, -0.1) is 0 Å². The molecule has 3 aromatic carbocycles. The maximum absolute atomic E-state index is 12.1. The molecular formula is C23H21ClN2O5. The summed E-state index contributed by atoms with van der Waals surface area (Å²) < 4.78 is 10.1. The van der Waals surface area contributed by atoms with Crippen LogP contribution in [0.5, 0.6) is 5.75 Å². The molecular weight excluding hydrogens is 420 g/mol. The summed E-state index contributed by atoms with van der Waals surface area (Å²) in [5, 5.41) is 7.68. The van der Waals surface area contributed by atoms with Crippen LogP contribution in [0.4, 0.5) is 11.4 Å². The number of fused-ring (bicyclic) bond motifs is 1. The number of ether oxygens (including phenoxy) is 2. The maximum Gasteiger partial charge on any atom is 0.306 e. The summed E-state index contributed by atoms with van der Waals surface area (Å²) in [4.78, 5) is 36.2. The Balaban J connectivity index is 1.45. The van der Waals surface area contributed by atoms with Gasteiger partial charge >= 0.3 is 5.97 Å². The Kier molecular flexibility index (Phi) is 7.45. The first-order valence-electron chi connectivity index (χ1n) is 9.53. The van der Waals surface area contributed by atoms with E-state index in [0.717, 1.165) is 10.8 Å². The Morgan fingerprint density at radius 3 is 2.42 bits per heavy atom. The third-order valence-corrected chi connectivity index (χ3v) is 4.65. The maximum atomic E-state index is 12.1. The molecule has 0 heterocycles. The first-order chi connectivity index (χ1) is 15.0. The van der Waals surface area contributed by atoms with Crippen LogP contribution in [-0.2, 0) is 19.1 Å². The number of amides is 2. The van der Waals surface area contributed by atoms with E-state index < -0.39 is 24.4 Å². The lowest BCUT2D eigenvalue weighted by molar-refractivity contribution is -0.147. The Labute approximate surface area is 184 Å². The van der Waals surface area contributed by atoms with E-state index in [1.54, 1.807) is 24.3 Å². The number of benzene rings is 3. The van der Waals surface area contributed by atoms with E-state index in [-0.39, 0.29) is 12.8 Å². The number of anilines is 2. The minimum atomic E-state index is -0.652. The van der Waals surface area contributed by atoms with Crippen molar-refractivity contribution in [2.45, 2.75) is 12.8 Å². The van der Waals surface area contributed by atoms with Crippen LogP contribution in [0.2, 0.25) is 5.02 Å². The Hall–Kier alpha value is -3.58. The lowest BCUT2D eigenvalue weighted by atomic mass is 10.1. The molecule has 0 aliphatic rings. The summed E-state index contributed by atoms with van der Waals surface area (Å²) >= 11 is 5.93. The zero-order chi connectivity index (χ0) is 22.2. The smallest absolute Gasteiger partial charge is 0.306 e. The summed E-state index contributed by atoms with van der Waals surface area (Å²) in [5.41, 5.74) is 1.04. The van der Waals surface area contributed by atoms with Crippen LogP contribution >= 0.6 is 11.6 Å². The molecule has 0 aliphatic carbocycles. The Bertz CT molecular complexity index is 1110. The van der Waals surface area contributed by atoms with Crippen LogP contribution in [0, 0.1) is 0 Å². The second-order valence-corrected chi connectivity index (χ2v) is 7.06. The molecule has 0 spiro atoms. The van der Waals surface area contributed by atoms with Crippen molar-refractivity contribution in [1.82, 2.24) is 0 Å². The van der Waals surface area contributed by atoms with E-state index >= 15 is 0 Å². The summed E-state index contributed by atoms with van der Waals surface area (Å²) in [5.74, 6) is -1.07. The van der Waals surface area contributed by atoms with Crippen LogP contribution in [0.3, 0.4) is 0 Å². The molecule has 7 nitrogen and oxygen atoms in total. The van der Waals surface area contributed by atoms with Gasteiger partial charge in [0.05, 0.1) is 19.2 Å². The summed E-state index contributed by atoms with van der Waals surface area (Å²) in [6.45, 7) is -0.439. The standard InChI is InChI=1S/C23H21ClN2O5/c1-30-20-10-9-16(24)13-19(20)26-21(27)11-12-23(29)31-14-22(28)25-18-8-4-6-15-5-2-3-7-17(15)18/h2-10,13H,11-12,14H2,1H3,(H,25,28)(H,26,27). The third kappa shape index (κ3) is 6.20. The van der Waals surface area contributed by atoms with Crippen molar-refractivity contribution in [3.63, 3.8) is 0 Å². The van der Waals surface area contributed by atoms with E-state index in [1.165, 1.54) is 7.11 Å². The van der Waals surface area contributed by atoms with Gasteiger partial charge in [-0.3, -0.25) is 14.4 Å². The average Bonchev–Trinajstić information content (AvgIpc) is 2.77. The fourth-order valence-corrected chi connectivity index (χ4v) is 3.12. The molecule has 0 radical (unpaired) electrons. The van der Waals surface area contributed by atoms with Gasteiger partial charge in [0.25, 0.3) is 5.91 Å². The van der Waals surface area contributed by atoms with Gasteiger partial charge < -0.3 is 20.1 Å². The molecule has 0 aliphatic heterocycles. The predicted octanol–water partition coefficient (Wildman–Crippen LogP) is 4.40. The molecule has 31 heavy (non-hydrogen) atoms. The van der Waals surface area contributed by atoms with Crippen molar-refractivity contribution >= 4 is 51.5 Å². The molecule has 0 bridgehead atoms. The molecule has 0 aromatic heterocycles. The normalized spacial score (nSPS) is 10.4. The highest BCUT2D eigenvalue weighted by Gasteiger charge is 2.13. The van der Waals surface area contributed by atoms with Gasteiger partial charge in [0.1, 0.15) is 5.75 Å². The number of esters is 1. The predicted molar refractivity (Wildman–Crippen MR) is 119 cm³/mol. The van der Waals surface area contributed by atoms with E-state index in [4.69, 9.17) is 21.1 Å². The van der Waals surface area contributed by atoms with Gasteiger partial charge in [0.2, 0.25) is 5.91 Å². The van der Waals surface area contributed by atoms with Crippen LogP contribution in [0.25, 0.3) is 10.8 Å². The number of hydrogen-bond acceptors (Lipinski definition) is 5. The lowest BCUT2D eigenvalue weighted by Gasteiger charge is -2.11. The highest BCUT2D eigenvalue weighted by molar-refractivity contribution is 6.31. The molecule has 0 atom stereocenters. The van der Waals surface area contributed by atoms with Crippen molar-refractivity contribution in [3.8, 4) is 5.75 Å². The second-order valence-electron chi connectivity index (χ2n) is 6.63. The fourth-order valence-electron chi connectivity index (χ4n) is 2.95. The van der Waals surface area contributed by atoms with Crippen molar-refractivity contribution in [2.75, 3.05) is 24.4 Å². The number of methoxy groups -OCH3 is 1. The first-order valence-corrected chi connectivity index (χ1v) is 9.90. The van der Waals surface area contributed by atoms with E-state index in [2.05, 4.69) is 10.6 Å². The largest absolute Gasteiger partial charge is 0.495 e. The van der Waals surface area contributed by atoms with Gasteiger partial charge in [-0.1, -0.05) is 48.0 Å². The van der Waals surface area contributed by atoms with Gasteiger partial charge in [-0.25, -0.2) is 0 Å². The molecule has 0 unspecified atom stereocenters. The first kappa shape index (κ1) is 22.1. The zero-order valence-corrected chi connectivity index (χ0v) is 17.6. The number of rotatable bonds is 8. The van der Waals surface area contributed by atoms with Gasteiger partial charge in [-0.2, -0.15) is 0 Å². The number of halogens is 1. The van der Waals surface area contributed by atoms with Crippen molar-refractivity contribution in [1.29, 1.82) is 0 Å². The van der Waals surface area contributed by atoms with Gasteiger partial charge in [0.15, 0.2) is 6.61 Å². The molecule has 0 saturated heterocycles. The van der Waals surface area contributed by atoms with Gasteiger partial charge in [-0.05, 0) is 29.7 Å². The molecule has 3 rings (SSSR count). The lowest BCUT2D eigenvalue weighted by Crippen LogP contribution is -2.22. The highest BCUT2D eigenvalue weighted by atomic mass is 35.5. The van der Waals surface area contributed by atoms with Crippen LogP contribution in [0.1, 0.15) is 12.8 Å². The van der Waals surface area contributed by atoms with E-state index in [0.29, 0.717) is 22.1 Å². The minimum absolute atomic E-state index is 0.112. The minimum Gasteiger partial charge on any atom is -0.495 e. The van der Waals surface area contributed by atoms with Crippen LogP contribution in [0.15, 0.2) is 60.7 Å². The summed E-state index contributed by atoms with van der Waals surface area (Å²) in [7, 11) is 1.47. The van der Waals surface area contributed by atoms with Crippen LogP contribution < -0.4 is 15.4 Å². The molecule has 0 fully saturated rings. The van der Waals surface area contributed by atoms with Crippen LogP contribution in [-0.4, -0.2) is 31.5 Å². The summed E-state index contributed by atoms with van der Waals surface area (Å²) in [6, 6.07) is 18.0. The zero-order valence-electron chi connectivity index (χ0n) is 16.8. The topological polar surface area (TPSA) is 93.7 Å². The number of carbonyl (C=O) groups is 3. The van der Waals surface area contributed by atoms with E-state index in [9.17, 15) is 14.4 Å². The average molecular weight is 441 g/mol. The molecule has 2 amide bonds. The SMILES string of the molecule is COc1ccc(Cl)cc1NC(=O)CCC(=O)OCC(=O)Nc1cccc2ccccc12. The number of hydrogen-bond donors (Lipinski definition) is 2. The quantitative estimate of drug-likeness (QED) is 0.506. The molecule has 3 aromatic rings. The van der Waals surface area contributed by atoms with Crippen molar-refractivity contribution in [3.05, 3.63) is 65.7 Å². The second kappa shape index (κ2) is 10.4. The highest BCUT2D eigenvalue weighted by Crippen LogP contribution is 2.28. The summed E-state index contributed by atoms with van der Waals surface area (Å²) in [6.07, 6.45) is -0.282. The van der Waals surface area contributed by atoms with E-state index in [1.807, 2.05) is 36.4 Å². The molecule has 0 saturated carbocycles. The Morgan fingerprint density at radius 1 is 0.871 bits per heavy atom. The monoisotopic (exact) mass is 440 g/mol. The molecule has 2 N–H and O–H groups in total. The van der Waals surface area contributed by atoms with Gasteiger partial charge in [0, 0.05) is 22.5 Å². The van der Waals surface area contributed by atoms with Crippen molar-refractivity contribution in [2.24, 2.45) is 0 Å². The van der Waals surface area contributed by atoms with Crippen molar-refractivity contribution < 1.29 is 23.9 Å². The fraction of sp³-hybridized carbons (Fsp3) is 0.174. The molecule has 8 heteroatoms. The number of nitrogens with one attached hydrogen (secondary N) is 2.